The standard InChI is InChI=1S/C10H18F3NO/c1-8(10(11,12)13)15-6-4-9-3-2-5-14-7-9/h8-9,14H,2-7H2,1H3. The van der Waals surface area contributed by atoms with Crippen LogP contribution < -0.4 is 5.32 Å². The molecule has 1 rings (SSSR count). The van der Waals surface area contributed by atoms with Crippen LogP contribution in [0, 0.1) is 5.92 Å². The molecule has 0 aromatic heterocycles. The maximum absolute atomic E-state index is 12.1. The summed E-state index contributed by atoms with van der Waals surface area (Å²) in [5, 5.41) is 3.23. The molecule has 1 aliphatic rings. The Kier molecular flexibility index (Phi) is 4.86. The van der Waals surface area contributed by atoms with Crippen LogP contribution in [-0.4, -0.2) is 32.0 Å². The van der Waals surface area contributed by atoms with Gasteiger partial charge in [-0.2, -0.15) is 13.2 Å². The molecule has 0 aliphatic carbocycles. The zero-order valence-corrected chi connectivity index (χ0v) is 8.94. The second-order valence-corrected chi connectivity index (χ2v) is 4.06. The number of halogens is 3. The van der Waals surface area contributed by atoms with Crippen molar-refractivity contribution in [1.82, 2.24) is 5.32 Å². The summed E-state index contributed by atoms with van der Waals surface area (Å²) < 4.78 is 41.0. The molecular weight excluding hydrogens is 207 g/mol. The molecule has 5 heteroatoms. The molecule has 1 saturated heterocycles. The predicted molar refractivity (Wildman–Crippen MR) is 51.7 cm³/mol. The smallest absolute Gasteiger partial charge is 0.369 e. The Labute approximate surface area is 88.2 Å². The Bertz CT molecular complexity index is 178. The van der Waals surface area contributed by atoms with E-state index in [1.54, 1.807) is 0 Å². The molecule has 15 heavy (non-hydrogen) atoms. The average molecular weight is 225 g/mol. The van der Waals surface area contributed by atoms with E-state index in [-0.39, 0.29) is 6.61 Å². The van der Waals surface area contributed by atoms with E-state index in [2.05, 4.69) is 5.32 Å². The van der Waals surface area contributed by atoms with E-state index >= 15 is 0 Å². The van der Waals surface area contributed by atoms with Crippen molar-refractivity contribution in [3.8, 4) is 0 Å². The summed E-state index contributed by atoms with van der Waals surface area (Å²) in [7, 11) is 0. The third-order valence-corrected chi connectivity index (χ3v) is 2.75. The molecule has 90 valence electrons. The van der Waals surface area contributed by atoms with Gasteiger partial charge in [-0.3, -0.25) is 0 Å². The molecule has 0 saturated carbocycles. The SMILES string of the molecule is CC(OCCC1CCCNC1)C(F)(F)F. The molecule has 0 radical (unpaired) electrons. The van der Waals surface area contributed by atoms with Crippen LogP contribution in [0.1, 0.15) is 26.2 Å². The topological polar surface area (TPSA) is 21.3 Å². The number of ether oxygens (including phenoxy) is 1. The minimum Gasteiger partial charge on any atom is -0.369 e. The molecule has 1 fully saturated rings. The first kappa shape index (κ1) is 12.8. The molecule has 2 atom stereocenters. The number of hydrogen-bond acceptors (Lipinski definition) is 2. The maximum atomic E-state index is 12.1. The van der Waals surface area contributed by atoms with E-state index in [0.717, 1.165) is 32.9 Å². The zero-order chi connectivity index (χ0) is 11.3. The number of rotatable bonds is 4. The highest BCUT2D eigenvalue weighted by Crippen LogP contribution is 2.23. The molecule has 2 nitrogen and oxygen atoms in total. The van der Waals surface area contributed by atoms with E-state index in [1.807, 2.05) is 0 Å². The Morgan fingerprint density at radius 1 is 1.47 bits per heavy atom. The van der Waals surface area contributed by atoms with Crippen molar-refractivity contribution >= 4 is 0 Å². The number of nitrogens with one attached hydrogen (secondary N) is 1. The number of piperidine rings is 1. The molecule has 1 aliphatic heterocycles. The molecule has 0 aromatic rings. The molecule has 2 unspecified atom stereocenters. The van der Waals surface area contributed by atoms with E-state index < -0.39 is 12.3 Å². The van der Waals surface area contributed by atoms with E-state index in [1.165, 1.54) is 0 Å². The minimum absolute atomic E-state index is 0.201. The second kappa shape index (κ2) is 5.70. The number of alkyl halides is 3. The van der Waals surface area contributed by atoms with E-state index in [4.69, 9.17) is 4.74 Å². The highest BCUT2D eigenvalue weighted by molar-refractivity contribution is 4.69. The van der Waals surface area contributed by atoms with Gasteiger partial charge in [-0.25, -0.2) is 0 Å². The maximum Gasteiger partial charge on any atom is 0.414 e. The van der Waals surface area contributed by atoms with Gasteiger partial charge in [0.2, 0.25) is 0 Å². The van der Waals surface area contributed by atoms with Crippen LogP contribution in [0.4, 0.5) is 13.2 Å². The van der Waals surface area contributed by atoms with Crippen molar-refractivity contribution in [2.24, 2.45) is 5.92 Å². The van der Waals surface area contributed by atoms with Gasteiger partial charge in [-0.05, 0) is 45.2 Å². The Morgan fingerprint density at radius 2 is 2.20 bits per heavy atom. The second-order valence-electron chi connectivity index (χ2n) is 4.06. The van der Waals surface area contributed by atoms with Crippen molar-refractivity contribution in [3.63, 3.8) is 0 Å². The van der Waals surface area contributed by atoms with E-state index in [0.29, 0.717) is 12.3 Å². The summed E-state index contributed by atoms with van der Waals surface area (Å²) in [5.41, 5.74) is 0. The zero-order valence-electron chi connectivity index (χ0n) is 8.94. The largest absolute Gasteiger partial charge is 0.414 e. The van der Waals surface area contributed by atoms with Gasteiger partial charge in [0.25, 0.3) is 0 Å². The average Bonchev–Trinajstić information content (AvgIpc) is 2.18. The van der Waals surface area contributed by atoms with Crippen molar-refractivity contribution < 1.29 is 17.9 Å². The summed E-state index contributed by atoms with van der Waals surface area (Å²) in [6.07, 6.45) is -2.96. The fourth-order valence-corrected chi connectivity index (χ4v) is 1.68. The quantitative estimate of drug-likeness (QED) is 0.793. The molecule has 1 heterocycles. The summed E-state index contributed by atoms with van der Waals surface area (Å²) in [5.74, 6) is 0.471. The molecule has 1 N–H and O–H groups in total. The monoisotopic (exact) mass is 225 g/mol. The van der Waals surface area contributed by atoms with Crippen molar-refractivity contribution in [3.05, 3.63) is 0 Å². The molecular formula is C10H18F3NO. The van der Waals surface area contributed by atoms with Crippen molar-refractivity contribution in [1.29, 1.82) is 0 Å². The fourth-order valence-electron chi connectivity index (χ4n) is 1.68. The van der Waals surface area contributed by atoms with Crippen LogP contribution in [0.3, 0.4) is 0 Å². The highest BCUT2D eigenvalue weighted by atomic mass is 19.4. The van der Waals surface area contributed by atoms with Crippen LogP contribution in [0.25, 0.3) is 0 Å². The van der Waals surface area contributed by atoms with Crippen LogP contribution in [0.2, 0.25) is 0 Å². The summed E-state index contributed by atoms with van der Waals surface area (Å²) in [6.45, 7) is 3.19. The van der Waals surface area contributed by atoms with Crippen LogP contribution in [0.5, 0.6) is 0 Å². The van der Waals surface area contributed by atoms with Gasteiger partial charge in [0.05, 0.1) is 0 Å². The summed E-state index contributed by atoms with van der Waals surface area (Å²) in [4.78, 5) is 0. The lowest BCUT2D eigenvalue weighted by Crippen LogP contribution is -2.32. The summed E-state index contributed by atoms with van der Waals surface area (Å²) in [6, 6.07) is 0. The van der Waals surface area contributed by atoms with Gasteiger partial charge in [0.15, 0.2) is 6.10 Å². The predicted octanol–water partition coefficient (Wildman–Crippen LogP) is 2.34. The summed E-state index contributed by atoms with van der Waals surface area (Å²) >= 11 is 0. The van der Waals surface area contributed by atoms with Gasteiger partial charge < -0.3 is 10.1 Å². The fraction of sp³-hybridized carbons (Fsp3) is 1.00. The molecule has 0 spiro atoms. The first-order chi connectivity index (χ1) is 7.00. The van der Waals surface area contributed by atoms with Gasteiger partial charge in [0.1, 0.15) is 0 Å². The van der Waals surface area contributed by atoms with Crippen LogP contribution in [-0.2, 0) is 4.74 Å². The lowest BCUT2D eigenvalue weighted by atomic mass is 9.97. The Hall–Kier alpha value is -0.290. The number of hydrogen-bond donors (Lipinski definition) is 1. The Balaban J connectivity index is 2.10. The van der Waals surface area contributed by atoms with Gasteiger partial charge in [0, 0.05) is 6.61 Å². The lowest BCUT2D eigenvalue weighted by molar-refractivity contribution is -0.214. The highest BCUT2D eigenvalue weighted by Gasteiger charge is 2.36. The van der Waals surface area contributed by atoms with Crippen molar-refractivity contribution in [2.45, 2.75) is 38.5 Å². The molecule has 0 bridgehead atoms. The normalized spacial score (nSPS) is 25.2. The first-order valence-electron chi connectivity index (χ1n) is 5.39. The van der Waals surface area contributed by atoms with E-state index in [9.17, 15) is 13.2 Å². The first-order valence-corrected chi connectivity index (χ1v) is 5.39. The van der Waals surface area contributed by atoms with Crippen molar-refractivity contribution in [2.75, 3.05) is 19.7 Å². The van der Waals surface area contributed by atoms with Gasteiger partial charge >= 0.3 is 6.18 Å². The van der Waals surface area contributed by atoms with Crippen LogP contribution >= 0.6 is 0 Å². The molecule has 0 amide bonds. The van der Waals surface area contributed by atoms with Crippen LogP contribution in [0.15, 0.2) is 0 Å². The lowest BCUT2D eigenvalue weighted by Gasteiger charge is -2.23. The molecule has 0 aromatic carbocycles. The third-order valence-electron chi connectivity index (χ3n) is 2.75. The van der Waals surface area contributed by atoms with Gasteiger partial charge in [-0.15, -0.1) is 0 Å². The van der Waals surface area contributed by atoms with Gasteiger partial charge in [-0.1, -0.05) is 0 Å². The third kappa shape index (κ3) is 4.84. The minimum atomic E-state index is -4.23. The Morgan fingerprint density at radius 3 is 2.73 bits per heavy atom.